The fourth-order valence-electron chi connectivity index (χ4n) is 5.69. The number of carbonyl (C=O) groups is 4. The molecule has 0 radical (unpaired) electrons. The molecule has 12 heteroatoms. The summed E-state index contributed by atoms with van der Waals surface area (Å²) in [4.78, 5) is 52.9. The number of pyridine rings is 1. The zero-order valence-electron chi connectivity index (χ0n) is 31.9. The van der Waals surface area contributed by atoms with E-state index in [4.69, 9.17) is 0 Å². The Morgan fingerprint density at radius 3 is 1.90 bits per heavy atom. The molecular formula is C37H66N7O5+. The summed E-state index contributed by atoms with van der Waals surface area (Å²) in [6.07, 6.45) is 6.30. The number of hydrogen-bond acceptors (Lipinski definition) is 7. The lowest BCUT2D eigenvalue weighted by Crippen LogP contribution is -2.56. The number of hydrogen-bond donors (Lipinski definition) is 7. The number of carbonyl (C=O) groups excluding carboxylic acids is 4. The number of allylic oxidation sites excluding steroid dienone is 1. The van der Waals surface area contributed by atoms with Crippen LogP contribution in [-0.2, 0) is 14.4 Å². The summed E-state index contributed by atoms with van der Waals surface area (Å²) in [5, 5.41) is 28.7. The molecule has 1 aromatic heterocycles. The second-order valence-corrected chi connectivity index (χ2v) is 14.0. The predicted molar refractivity (Wildman–Crippen MR) is 194 cm³/mol. The highest BCUT2D eigenvalue weighted by Crippen LogP contribution is 2.17. The first-order valence-corrected chi connectivity index (χ1v) is 18.2. The molecule has 1 rings (SSSR count). The summed E-state index contributed by atoms with van der Waals surface area (Å²) < 4.78 is 0.856. The van der Waals surface area contributed by atoms with Crippen molar-refractivity contribution < 1.29 is 29.1 Å². The smallest absolute Gasteiger partial charge is 0.252 e. The maximum atomic E-state index is 13.9. The monoisotopic (exact) mass is 689 g/mol. The molecular weight excluding hydrogens is 622 g/mol. The van der Waals surface area contributed by atoms with Gasteiger partial charge in [0.25, 0.3) is 5.91 Å². The van der Waals surface area contributed by atoms with E-state index >= 15 is 0 Å². The Morgan fingerprint density at radius 2 is 1.41 bits per heavy atom. The zero-order chi connectivity index (χ0) is 37.3. The van der Waals surface area contributed by atoms with Gasteiger partial charge in [-0.3, -0.25) is 24.4 Å². The third-order valence-corrected chi connectivity index (χ3v) is 8.69. The van der Waals surface area contributed by atoms with Crippen molar-refractivity contribution >= 4 is 23.6 Å². The van der Waals surface area contributed by atoms with Gasteiger partial charge in [-0.2, -0.15) is 0 Å². The maximum absolute atomic E-state index is 13.9. The summed E-state index contributed by atoms with van der Waals surface area (Å²) in [6, 6.07) is 0.751. The molecule has 49 heavy (non-hydrogen) atoms. The summed E-state index contributed by atoms with van der Waals surface area (Å²) in [6.45, 7) is 23.0. The molecule has 1 aromatic rings. The lowest BCUT2D eigenvalue weighted by atomic mass is 9.96. The summed E-state index contributed by atoms with van der Waals surface area (Å²) in [5.74, 6) is -0.879. The molecule has 0 fully saturated rings. The second-order valence-electron chi connectivity index (χ2n) is 14.0. The first kappa shape index (κ1) is 43.4. The topological polar surface area (TPSA) is 165 Å². The Morgan fingerprint density at radius 1 is 0.776 bits per heavy atom. The van der Waals surface area contributed by atoms with Gasteiger partial charge in [-0.25, -0.2) is 0 Å². The molecule has 0 aliphatic carbocycles. The Labute approximate surface area is 295 Å². The Kier molecular flexibility index (Phi) is 19.6. The SMILES string of the molecule is CCC[C@H](NC(=O)C(NC(=O)c1cc[n+](O)cc1)[C@@H](C)CC)C(NC(CN[C@@H](CC)C(=O)NC(C(=O)NCC)C(C)C)CC(C)C)=C(C)C. The number of rotatable bonds is 22. The van der Waals surface area contributed by atoms with Crippen LogP contribution in [0.3, 0.4) is 0 Å². The molecule has 3 unspecified atom stereocenters. The third-order valence-electron chi connectivity index (χ3n) is 8.69. The fourth-order valence-corrected chi connectivity index (χ4v) is 5.69. The van der Waals surface area contributed by atoms with Crippen molar-refractivity contribution in [2.75, 3.05) is 13.1 Å². The van der Waals surface area contributed by atoms with Crippen molar-refractivity contribution in [3.63, 3.8) is 0 Å². The first-order valence-electron chi connectivity index (χ1n) is 18.2. The third kappa shape index (κ3) is 14.8. The number of amides is 4. The zero-order valence-corrected chi connectivity index (χ0v) is 31.9. The van der Waals surface area contributed by atoms with Gasteiger partial charge in [-0.15, -0.1) is 0 Å². The Hall–Kier alpha value is -3.67. The van der Waals surface area contributed by atoms with Gasteiger partial charge < -0.3 is 31.9 Å². The van der Waals surface area contributed by atoms with E-state index in [1.54, 1.807) is 0 Å². The standard InChI is InChI=1S/C37H65N7O5/c1-12-16-30(41-37(48)33(26(11)13-2)43-34(45)27-17-19-44(49)20-18-27)31(24(7)8)40-28(21-23(5)6)22-39-29(14-3)35(46)42-32(25(9)10)36(47)38-15-4/h17-20,23,25-26,28-30,32-33,39-40H,12-16,21-22H2,1-11H3,(H4-,38,41,42,43,45,46,47,48,49)/p+1/t26-,28?,29-,30-,32?,33?/m0/s1. The number of aromatic nitrogens is 1. The van der Waals surface area contributed by atoms with Gasteiger partial charge in [0.1, 0.15) is 12.1 Å². The van der Waals surface area contributed by atoms with Crippen LogP contribution in [0.4, 0.5) is 0 Å². The Bertz CT molecular complexity index is 1210. The van der Waals surface area contributed by atoms with Crippen molar-refractivity contribution in [2.24, 2.45) is 17.8 Å². The van der Waals surface area contributed by atoms with Crippen molar-refractivity contribution in [1.82, 2.24) is 31.9 Å². The highest BCUT2D eigenvalue weighted by molar-refractivity contribution is 5.97. The predicted octanol–water partition coefficient (Wildman–Crippen LogP) is 3.58. The van der Waals surface area contributed by atoms with Crippen molar-refractivity contribution in [2.45, 2.75) is 138 Å². The second kappa shape index (κ2) is 22.1. The van der Waals surface area contributed by atoms with Crippen LogP contribution in [0.2, 0.25) is 0 Å². The summed E-state index contributed by atoms with van der Waals surface area (Å²) in [5.41, 5.74) is 2.29. The van der Waals surface area contributed by atoms with Crippen molar-refractivity contribution in [3.05, 3.63) is 41.4 Å². The molecule has 0 aliphatic rings. The summed E-state index contributed by atoms with van der Waals surface area (Å²) in [7, 11) is 0. The number of nitrogens with one attached hydrogen (secondary N) is 6. The molecule has 7 N–H and O–H groups in total. The van der Waals surface area contributed by atoms with E-state index in [-0.39, 0.29) is 41.6 Å². The van der Waals surface area contributed by atoms with Crippen LogP contribution < -0.4 is 36.6 Å². The van der Waals surface area contributed by atoms with Crippen LogP contribution in [0.15, 0.2) is 35.8 Å². The lowest BCUT2D eigenvalue weighted by Gasteiger charge is -2.33. The van der Waals surface area contributed by atoms with Crippen molar-refractivity contribution in [1.29, 1.82) is 0 Å². The van der Waals surface area contributed by atoms with Crippen LogP contribution >= 0.6 is 0 Å². The molecule has 0 bridgehead atoms. The fraction of sp³-hybridized carbons (Fsp3) is 0.703. The van der Waals surface area contributed by atoms with Gasteiger partial charge in [0.15, 0.2) is 0 Å². The first-order chi connectivity index (χ1) is 23.1. The molecule has 12 nitrogen and oxygen atoms in total. The van der Waals surface area contributed by atoms with Crippen LogP contribution in [0.5, 0.6) is 0 Å². The highest BCUT2D eigenvalue weighted by atomic mass is 16.5. The van der Waals surface area contributed by atoms with Gasteiger partial charge >= 0.3 is 0 Å². The molecule has 1 heterocycles. The van der Waals surface area contributed by atoms with E-state index in [1.807, 2.05) is 55.4 Å². The van der Waals surface area contributed by atoms with Gasteiger partial charge in [-0.1, -0.05) is 73.8 Å². The Balaban J connectivity index is 3.20. The molecule has 278 valence electrons. The minimum atomic E-state index is -0.761. The van der Waals surface area contributed by atoms with Crippen LogP contribution in [-0.4, -0.2) is 72.1 Å². The minimum absolute atomic E-state index is 0.0512. The molecule has 0 aromatic carbocycles. The largest absolute Gasteiger partial charge is 0.383 e. The van der Waals surface area contributed by atoms with Gasteiger partial charge in [0, 0.05) is 41.7 Å². The van der Waals surface area contributed by atoms with Gasteiger partial charge in [0.05, 0.1) is 17.6 Å². The maximum Gasteiger partial charge on any atom is 0.252 e. The van der Waals surface area contributed by atoms with E-state index in [0.717, 1.165) is 28.8 Å². The lowest BCUT2D eigenvalue weighted by molar-refractivity contribution is -0.904. The average Bonchev–Trinajstić information content (AvgIpc) is 3.04. The van der Waals surface area contributed by atoms with Crippen LogP contribution in [0, 0.1) is 17.8 Å². The quantitative estimate of drug-likeness (QED) is 0.0723. The van der Waals surface area contributed by atoms with E-state index in [2.05, 4.69) is 52.7 Å². The molecule has 0 saturated heterocycles. The molecule has 0 aliphatic heterocycles. The molecule has 6 atom stereocenters. The number of likely N-dealkylation sites (N-methyl/N-ethyl adjacent to an activating group) is 1. The minimum Gasteiger partial charge on any atom is -0.383 e. The van der Waals surface area contributed by atoms with E-state index < -0.39 is 24.0 Å². The van der Waals surface area contributed by atoms with E-state index in [1.165, 1.54) is 24.5 Å². The normalized spacial score (nSPS) is 15.0. The molecule has 0 spiro atoms. The van der Waals surface area contributed by atoms with Gasteiger partial charge in [-0.05, 0) is 57.8 Å². The summed E-state index contributed by atoms with van der Waals surface area (Å²) >= 11 is 0. The number of nitrogens with zero attached hydrogens (tertiary/aromatic N) is 1. The highest BCUT2D eigenvalue weighted by Gasteiger charge is 2.31. The van der Waals surface area contributed by atoms with Crippen molar-refractivity contribution in [3.8, 4) is 0 Å². The average molecular weight is 689 g/mol. The van der Waals surface area contributed by atoms with E-state index in [0.29, 0.717) is 43.8 Å². The van der Waals surface area contributed by atoms with Crippen LogP contribution in [0.25, 0.3) is 0 Å². The van der Waals surface area contributed by atoms with Gasteiger partial charge in [0.2, 0.25) is 30.1 Å². The van der Waals surface area contributed by atoms with E-state index in [9.17, 15) is 24.4 Å². The molecule has 4 amide bonds. The van der Waals surface area contributed by atoms with Crippen LogP contribution in [0.1, 0.15) is 119 Å². The molecule has 0 saturated carbocycles.